The van der Waals surface area contributed by atoms with Gasteiger partial charge in [0.25, 0.3) is 0 Å². The molecule has 0 fully saturated rings. The fourth-order valence-corrected chi connectivity index (χ4v) is 11.1. The van der Waals surface area contributed by atoms with Crippen molar-refractivity contribution >= 4 is 96.8 Å². The summed E-state index contributed by atoms with van der Waals surface area (Å²) in [6, 6.07) is 73.5. The topological polar surface area (TPSA) is 56.7 Å². The molecule has 65 heavy (non-hydrogen) atoms. The SMILES string of the molecule is c1ccc(-c2nc(-c3ccc(-n4c5ccccc5c5cc6ccccc6cc54)c(-c4cccc5sc6cc7ccccc7cc6c45)c3)nc(-c3ccc4c(c3)oc3ccccc34)n2)cc1. The van der Waals surface area contributed by atoms with Crippen LogP contribution in [-0.2, 0) is 0 Å². The van der Waals surface area contributed by atoms with Crippen molar-refractivity contribution in [2.24, 2.45) is 0 Å². The quantitative estimate of drug-likeness (QED) is 0.173. The van der Waals surface area contributed by atoms with Crippen molar-refractivity contribution in [1.29, 1.82) is 0 Å². The number of para-hydroxylation sites is 2. The minimum absolute atomic E-state index is 0.578. The van der Waals surface area contributed by atoms with Crippen LogP contribution >= 0.6 is 11.3 Å². The Balaban J connectivity index is 1.06. The molecule has 0 bridgehead atoms. The van der Waals surface area contributed by atoms with Crippen molar-refractivity contribution in [3.8, 4) is 51.0 Å². The Morgan fingerprint density at radius 2 is 0.969 bits per heavy atom. The standard InChI is InChI=1S/C59H34N4OS/c1-2-13-35(14-3-1)57-60-58(62-59(61-57)41-25-27-44-43-20-9-11-23-52(43)64-53(44)33-41)40-26-28-50(63-49-22-10-8-19-42(49)46-29-36-15-4-6-17-38(36)32-51(46)63)47(31-40)45-21-12-24-54-56(45)48-30-37-16-5-7-18-39(37)34-55(48)65-54/h1-34H. The number of aromatic nitrogens is 4. The van der Waals surface area contributed by atoms with Crippen molar-refractivity contribution in [3.05, 3.63) is 206 Å². The first-order valence-electron chi connectivity index (χ1n) is 21.8. The van der Waals surface area contributed by atoms with Gasteiger partial charge in [-0.2, -0.15) is 0 Å². The Morgan fingerprint density at radius 1 is 0.354 bits per heavy atom. The second-order valence-electron chi connectivity index (χ2n) is 16.8. The van der Waals surface area contributed by atoms with Gasteiger partial charge in [-0.3, -0.25) is 0 Å². The van der Waals surface area contributed by atoms with Crippen LogP contribution in [0.15, 0.2) is 211 Å². The molecule has 0 atom stereocenters. The third-order valence-corrected chi connectivity index (χ3v) is 14.1. The van der Waals surface area contributed by atoms with Crippen LogP contribution in [0.5, 0.6) is 0 Å². The first kappa shape index (κ1) is 36.1. The smallest absolute Gasteiger partial charge is 0.164 e. The van der Waals surface area contributed by atoms with E-state index in [0.29, 0.717) is 17.5 Å². The van der Waals surface area contributed by atoms with Gasteiger partial charge in [0.15, 0.2) is 17.5 Å². The van der Waals surface area contributed by atoms with Gasteiger partial charge in [-0.15, -0.1) is 11.3 Å². The molecule has 5 nitrogen and oxygen atoms in total. The molecular formula is C59H34N4OS. The third-order valence-electron chi connectivity index (χ3n) is 13.0. The number of rotatable bonds is 5. The first-order valence-corrected chi connectivity index (χ1v) is 22.6. The molecule has 14 aromatic rings. The molecule has 0 N–H and O–H groups in total. The molecule has 0 aliphatic heterocycles. The van der Waals surface area contributed by atoms with E-state index in [1.807, 2.05) is 47.7 Å². The number of benzene rings is 10. The van der Waals surface area contributed by atoms with Crippen molar-refractivity contribution < 1.29 is 4.42 Å². The highest BCUT2D eigenvalue weighted by Crippen LogP contribution is 2.46. The van der Waals surface area contributed by atoms with E-state index in [4.69, 9.17) is 19.4 Å². The normalized spacial score (nSPS) is 12.0. The maximum atomic E-state index is 6.35. The zero-order valence-electron chi connectivity index (χ0n) is 34.7. The molecule has 0 radical (unpaired) electrons. The number of fused-ring (bicyclic) bond motifs is 11. The summed E-state index contributed by atoms with van der Waals surface area (Å²) in [6.07, 6.45) is 0. The van der Waals surface area contributed by atoms with Gasteiger partial charge in [0.2, 0.25) is 0 Å². The Bertz CT molecular complexity index is 4260. The Hall–Kier alpha value is -8.45. The Kier molecular flexibility index (Phi) is 7.79. The van der Waals surface area contributed by atoms with Crippen LogP contribution in [0.2, 0.25) is 0 Å². The van der Waals surface area contributed by atoms with E-state index in [9.17, 15) is 0 Å². The highest BCUT2D eigenvalue weighted by atomic mass is 32.1. The lowest BCUT2D eigenvalue weighted by Gasteiger charge is -2.17. The maximum Gasteiger partial charge on any atom is 0.164 e. The molecular weight excluding hydrogens is 813 g/mol. The van der Waals surface area contributed by atoms with E-state index >= 15 is 0 Å². The number of thiophene rings is 1. The lowest BCUT2D eigenvalue weighted by molar-refractivity contribution is 0.669. The summed E-state index contributed by atoms with van der Waals surface area (Å²) in [7, 11) is 0. The lowest BCUT2D eigenvalue weighted by Crippen LogP contribution is -2.02. The number of furan rings is 1. The van der Waals surface area contributed by atoms with Gasteiger partial charge in [0.1, 0.15) is 11.2 Å². The van der Waals surface area contributed by atoms with Crippen LogP contribution in [-0.4, -0.2) is 19.5 Å². The molecule has 0 aliphatic rings. The van der Waals surface area contributed by atoms with Crippen LogP contribution < -0.4 is 0 Å². The van der Waals surface area contributed by atoms with Gasteiger partial charge in [-0.25, -0.2) is 15.0 Å². The summed E-state index contributed by atoms with van der Waals surface area (Å²) in [4.78, 5) is 15.7. The zero-order chi connectivity index (χ0) is 42.6. The molecule has 4 heterocycles. The number of nitrogens with zero attached hydrogens (tertiary/aromatic N) is 4. The molecule has 14 rings (SSSR count). The molecule has 0 spiro atoms. The fraction of sp³-hybridized carbons (Fsp3) is 0. The molecule has 0 amide bonds. The maximum absolute atomic E-state index is 6.35. The molecule has 302 valence electrons. The number of hydrogen-bond donors (Lipinski definition) is 0. The average molecular weight is 847 g/mol. The van der Waals surface area contributed by atoms with E-state index in [0.717, 1.165) is 66.5 Å². The summed E-state index contributed by atoms with van der Waals surface area (Å²) < 4.78 is 11.3. The summed E-state index contributed by atoms with van der Waals surface area (Å²) >= 11 is 1.85. The molecule has 10 aromatic carbocycles. The highest BCUT2D eigenvalue weighted by molar-refractivity contribution is 7.26. The Labute approximate surface area is 376 Å². The van der Waals surface area contributed by atoms with E-state index in [1.165, 1.54) is 52.5 Å². The van der Waals surface area contributed by atoms with Crippen molar-refractivity contribution in [2.75, 3.05) is 0 Å². The van der Waals surface area contributed by atoms with Crippen LogP contribution in [0.4, 0.5) is 0 Å². The van der Waals surface area contributed by atoms with E-state index < -0.39 is 0 Å². The van der Waals surface area contributed by atoms with E-state index in [2.05, 4.69) is 174 Å². The fourth-order valence-electron chi connectivity index (χ4n) is 9.95. The van der Waals surface area contributed by atoms with Crippen molar-refractivity contribution in [1.82, 2.24) is 19.5 Å². The molecule has 6 heteroatoms. The van der Waals surface area contributed by atoms with E-state index in [1.54, 1.807) is 0 Å². The molecule has 0 unspecified atom stereocenters. The predicted octanol–water partition coefficient (Wildman–Crippen LogP) is 16.2. The van der Waals surface area contributed by atoms with Gasteiger partial charge >= 0.3 is 0 Å². The molecule has 0 aliphatic carbocycles. The summed E-state index contributed by atoms with van der Waals surface area (Å²) in [5, 5.41) is 12.0. The van der Waals surface area contributed by atoms with Gasteiger partial charge in [0.05, 0.1) is 16.7 Å². The van der Waals surface area contributed by atoms with E-state index in [-0.39, 0.29) is 0 Å². The van der Waals surface area contributed by atoms with Gasteiger partial charge in [-0.05, 0) is 99.9 Å². The van der Waals surface area contributed by atoms with Crippen LogP contribution in [0.1, 0.15) is 0 Å². The van der Waals surface area contributed by atoms with Gasteiger partial charge < -0.3 is 8.98 Å². The molecule has 4 aromatic heterocycles. The molecule has 0 saturated carbocycles. The third kappa shape index (κ3) is 5.67. The summed E-state index contributed by atoms with van der Waals surface area (Å²) in [6.45, 7) is 0. The highest BCUT2D eigenvalue weighted by Gasteiger charge is 2.22. The average Bonchev–Trinajstić information content (AvgIpc) is 4.03. The largest absolute Gasteiger partial charge is 0.456 e. The second-order valence-corrected chi connectivity index (χ2v) is 17.8. The van der Waals surface area contributed by atoms with Crippen molar-refractivity contribution in [2.45, 2.75) is 0 Å². The Morgan fingerprint density at radius 3 is 1.77 bits per heavy atom. The lowest BCUT2D eigenvalue weighted by atomic mass is 9.95. The zero-order valence-corrected chi connectivity index (χ0v) is 35.6. The minimum Gasteiger partial charge on any atom is -0.456 e. The first-order chi connectivity index (χ1) is 32.2. The summed E-state index contributed by atoms with van der Waals surface area (Å²) in [5.41, 5.74) is 9.93. The van der Waals surface area contributed by atoms with Crippen LogP contribution in [0.25, 0.3) is 136 Å². The predicted molar refractivity (Wildman–Crippen MR) is 271 cm³/mol. The van der Waals surface area contributed by atoms with Gasteiger partial charge in [0, 0.05) is 64.0 Å². The monoisotopic (exact) mass is 846 g/mol. The summed E-state index contributed by atoms with van der Waals surface area (Å²) in [5.74, 6) is 1.77. The minimum atomic E-state index is 0.578. The van der Waals surface area contributed by atoms with Crippen LogP contribution in [0, 0.1) is 0 Å². The number of hydrogen-bond acceptors (Lipinski definition) is 5. The second kappa shape index (κ2) is 14.0. The van der Waals surface area contributed by atoms with Crippen molar-refractivity contribution in [3.63, 3.8) is 0 Å². The van der Waals surface area contributed by atoms with Gasteiger partial charge in [-0.1, -0.05) is 133 Å². The van der Waals surface area contributed by atoms with Crippen LogP contribution in [0.3, 0.4) is 0 Å². The molecule has 0 saturated heterocycles.